The van der Waals surface area contributed by atoms with Crippen molar-refractivity contribution in [3.05, 3.63) is 169 Å². The van der Waals surface area contributed by atoms with E-state index in [4.69, 9.17) is 0 Å². The highest BCUT2D eigenvalue weighted by Crippen LogP contribution is 2.39. The Bertz CT molecular complexity index is 2470. The van der Waals surface area contributed by atoms with Gasteiger partial charge in [0.15, 0.2) is 0 Å². The molecule has 0 radical (unpaired) electrons. The molecular formula is C43H30N2. The van der Waals surface area contributed by atoms with Crippen molar-refractivity contribution in [2.45, 2.75) is 0 Å². The van der Waals surface area contributed by atoms with E-state index in [0.29, 0.717) is 0 Å². The van der Waals surface area contributed by atoms with Crippen molar-refractivity contribution in [2.24, 2.45) is 0 Å². The molecule has 0 saturated carbocycles. The molecule has 7 aromatic carbocycles. The van der Waals surface area contributed by atoms with Gasteiger partial charge in [0.1, 0.15) is 0 Å². The third kappa shape index (κ3) is 4.26. The highest BCUT2D eigenvalue weighted by molar-refractivity contribution is 6.19. The van der Waals surface area contributed by atoms with E-state index in [2.05, 4.69) is 174 Å². The van der Waals surface area contributed by atoms with E-state index < -0.39 is 0 Å². The number of nitrogens with one attached hydrogen (secondary N) is 1. The standard InChI is InChI=1S/C43H30N2/c1-2-14-35(15-3-1)45-42-28-31(30-12-8-13-32(26-30)37-17-9-11-29-10-4-5-16-36(29)37)19-23-39(42)40-24-20-33-27-34(21-22-38(33)43(40)45)41-18-6-7-25-44-41/h1-24,26-28,44H,25H2. The molecule has 212 valence electrons. The third-order valence-electron chi connectivity index (χ3n) is 9.18. The second kappa shape index (κ2) is 10.4. The first-order valence-corrected chi connectivity index (χ1v) is 15.6. The van der Waals surface area contributed by atoms with Crippen molar-refractivity contribution in [2.75, 3.05) is 6.54 Å². The fourth-order valence-electron chi connectivity index (χ4n) is 7.03. The molecule has 0 atom stereocenters. The first kappa shape index (κ1) is 25.6. The van der Waals surface area contributed by atoms with Crippen molar-refractivity contribution < 1.29 is 0 Å². The van der Waals surface area contributed by atoms with Crippen molar-refractivity contribution in [1.29, 1.82) is 0 Å². The minimum absolute atomic E-state index is 0.859. The van der Waals surface area contributed by atoms with E-state index in [0.717, 1.165) is 12.2 Å². The molecule has 0 fully saturated rings. The number of dihydropyridines is 1. The van der Waals surface area contributed by atoms with Crippen LogP contribution in [0.3, 0.4) is 0 Å². The lowest BCUT2D eigenvalue weighted by atomic mass is 9.95. The van der Waals surface area contributed by atoms with Crippen LogP contribution in [0, 0.1) is 0 Å². The van der Waals surface area contributed by atoms with E-state index in [-0.39, 0.29) is 0 Å². The van der Waals surface area contributed by atoms with Crippen LogP contribution < -0.4 is 5.32 Å². The van der Waals surface area contributed by atoms with Crippen LogP contribution in [-0.4, -0.2) is 11.1 Å². The molecule has 9 rings (SSSR count). The number of hydrogen-bond acceptors (Lipinski definition) is 1. The number of fused-ring (bicyclic) bond motifs is 6. The number of allylic oxidation sites excluding steroid dienone is 2. The molecule has 1 N–H and O–H groups in total. The molecule has 0 amide bonds. The second-order valence-corrected chi connectivity index (χ2v) is 11.8. The molecule has 2 heteroatoms. The predicted octanol–water partition coefficient (Wildman–Crippen LogP) is 10.9. The van der Waals surface area contributed by atoms with E-state index in [1.165, 1.54) is 76.9 Å². The van der Waals surface area contributed by atoms with Crippen LogP contribution in [0.5, 0.6) is 0 Å². The quantitative estimate of drug-likeness (QED) is 0.221. The Morgan fingerprint density at radius 2 is 1.24 bits per heavy atom. The van der Waals surface area contributed by atoms with Gasteiger partial charge in [-0.3, -0.25) is 0 Å². The zero-order valence-electron chi connectivity index (χ0n) is 24.7. The van der Waals surface area contributed by atoms with Gasteiger partial charge in [-0.05, 0) is 80.4 Å². The molecule has 1 aliphatic rings. The molecule has 0 saturated heterocycles. The van der Waals surface area contributed by atoms with E-state index in [9.17, 15) is 0 Å². The smallest absolute Gasteiger partial charge is 0.0619 e. The van der Waals surface area contributed by atoms with Gasteiger partial charge < -0.3 is 9.88 Å². The highest BCUT2D eigenvalue weighted by atomic mass is 15.0. The minimum Gasteiger partial charge on any atom is -0.381 e. The molecule has 0 unspecified atom stereocenters. The van der Waals surface area contributed by atoms with Crippen LogP contribution >= 0.6 is 0 Å². The predicted molar refractivity (Wildman–Crippen MR) is 192 cm³/mol. The Hall–Kier alpha value is -5.86. The molecule has 0 bridgehead atoms. The summed E-state index contributed by atoms with van der Waals surface area (Å²) >= 11 is 0. The van der Waals surface area contributed by atoms with Gasteiger partial charge in [0, 0.05) is 34.1 Å². The summed E-state index contributed by atoms with van der Waals surface area (Å²) in [7, 11) is 0. The summed E-state index contributed by atoms with van der Waals surface area (Å²) in [5, 5.41) is 11.1. The fourth-order valence-corrected chi connectivity index (χ4v) is 7.03. The van der Waals surface area contributed by atoms with Crippen LogP contribution in [-0.2, 0) is 0 Å². The van der Waals surface area contributed by atoms with Crippen LogP contribution in [0.15, 0.2) is 164 Å². The summed E-state index contributed by atoms with van der Waals surface area (Å²) in [4.78, 5) is 0. The second-order valence-electron chi connectivity index (χ2n) is 11.8. The largest absolute Gasteiger partial charge is 0.381 e. The Kier molecular flexibility index (Phi) is 5.92. The average molecular weight is 575 g/mol. The van der Waals surface area contributed by atoms with E-state index >= 15 is 0 Å². The first-order chi connectivity index (χ1) is 22.3. The zero-order chi connectivity index (χ0) is 29.7. The maximum Gasteiger partial charge on any atom is 0.0619 e. The number of hydrogen-bond donors (Lipinski definition) is 1. The molecule has 0 aliphatic carbocycles. The van der Waals surface area contributed by atoms with Gasteiger partial charge in [-0.15, -0.1) is 0 Å². The van der Waals surface area contributed by atoms with E-state index in [1.807, 2.05) is 0 Å². The Labute approximate surface area is 262 Å². The monoisotopic (exact) mass is 574 g/mol. The number of nitrogens with zero attached hydrogens (tertiary/aromatic N) is 1. The Morgan fingerprint density at radius 3 is 2.16 bits per heavy atom. The van der Waals surface area contributed by atoms with Crippen molar-refractivity contribution >= 4 is 49.0 Å². The van der Waals surface area contributed by atoms with Crippen LogP contribution in [0.4, 0.5) is 0 Å². The van der Waals surface area contributed by atoms with Gasteiger partial charge in [-0.25, -0.2) is 0 Å². The lowest BCUT2D eigenvalue weighted by Gasteiger charge is -2.14. The lowest BCUT2D eigenvalue weighted by Crippen LogP contribution is -2.14. The van der Waals surface area contributed by atoms with Gasteiger partial charge in [0.2, 0.25) is 0 Å². The molecule has 2 heterocycles. The van der Waals surface area contributed by atoms with Gasteiger partial charge in [0.25, 0.3) is 0 Å². The van der Waals surface area contributed by atoms with E-state index in [1.54, 1.807) is 0 Å². The maximum absolute atomic E-state index is 3.51. The summed E-state index contributed by atoms with van der Waals surface area (Å²) in [5.41, 5.74) is 10.9. The number of rotatable bonds is 4. The maximum atomic E-state index is 3.51. The summed E-state index contributed by atoms with van der Waals surface area (Å²) in [5.74, 6) is 0. The molecule has 1 aromatic heterocycles. The van der Waals surface area contributed by atoms with Crippen molar-refractivity contribution in [1.82, 2.24) is 9.88 Å². The van der Waals surface area contributed by atoms with Crippen molar-refractivity contribution in [3.63, 3.8) is 0 Å². The lowest BCUT2D eigenvalue weighted by molar-refractivity contribution is 0.996. The molecule has 2 nitrogen and oxygen atoms in total. The molecule has 45 heavy (non-hydrogen) atoms. The van der Waals surface area contributed by atoms with Crippen LogP contribution in [0.25, 0.3) is 77.0 Å². The summed E-state index contributed by atoms with van der Waals surface area (Å²) < 4.78 is 2.45. The summed E-state index contributed by atoms with van der Waals surface area (Å²) in [6.45, 7) is 0.859. The number of benzene rings is 7. The summed E-state index contributed by atoms with van der Waals surface area (Å²) in [6.07, 6.45) is 6.42. The Balaban J connectivity index is 1.25. The molecular weight excluding hydrogens is 544 g/mol. The van der Waals surface area contributed by atoms with Gasteiger partial charge in [-0.2, -0.15) is 0 Å². The number of para-hydroxylation sites is 1. The van der Waals surface area contributed by atoms with Gasteiger partial charge in [-0.1, -0.05) is 127 Å². The Morgan fingerprint density at radius 1 is 0.489 bits per heavy atom. The highest BCUT2D eigenvalue weighted by Gasteiger charge is 2.17. The van der Waals surface area contributed by atoms with Crippen molar-refractivity contribution in [3.8, 4) is 27.9 Å². The fraction of sp³-hybridized carbons (Fsp3) is 0.0233. The van der Waals surface area contributed by atoms with Crippen LogP contribution in [0.1, 0.15) is 5.56 Å². The van der Waals surface area contributed by atoms with Crippen LogP contribution in [0.2, 0.25) is 0 Å². The first-order valence-electron chi connectivity index (χ1n) is 15.6. The molecule has 8 aromatic rings. The molecule has 1 aliphatic heterocycles. The SMILES string of the molecule is C1=CCNC(c2ccc3c(ccc4c5ccc(-c6cccc(-c7cccc8ccccc78)c6)cc5n(-c5ccccc5)c34)c2)=C1. The zero-order valence-corrected chi connectivity index (χ0v) is 24.7. The number of aromatic nitrogens is 1. The average Bonchev–Trinajstić information content (AvgIpc) is 3.46. The summed E-state index contributed by atoms with van der Waals surface area (Å²) in [6, 6.07) is 53.3. The third-order valence-corrected chi connectivity index (χ3v) is 9.18. The molecule has 0 spiro atoms. The topological polar surface area (TPSA) is 17.0 Å². The van der Waals surface area contributed by atoms with Gasteiger partial charge in [0.05, 0.1) is 11.0 Å². The normalized spacial score (nSPS) is 13.0. The minimum atomic E-state index is 0.859. The van der Waals surface area contributed by atoms with Gasteiger partial charge >= 0.3 is 0 Å².